The SMILES string of the molecule is O=C(CCC(=O)ON1C(=O)CCC1=O)NCCC1CC1. The van der Waals surface area contributed by atoms with Crippen LogP contribution in [0.2, 0.25) is 0 Å². The predicted octanol–water partition coefficient (Wildman–Crippen LogP) is 0.290. The Morgan fingerprint density at radius 2 is 1.80 bits per heavy atom. The molecular formula is C13H18N2O5. The van der Waals surface area contributed by atoms with Gasteiger partial charge in [0.1, 0.15) is 0 Å². The first kappa shape index (κ1) is 14.5. The van der Waals surface area contributed by atoms with Crippen LogP contribution in [0, 0.1) is 5.92 Å². The highest BCUT2D eigenvalue weighted by Crippen LogP contribution is 2.31. The molecule has 7 heteroatoms. The molecule has 0 atom stereocenters. The third-order valence-corrected chi connectivity index (χ3v) is 3.33. The van der Waals surface area contributed by atoms with Crippen LogP contribution in [-0.4, -0.2) is 35.3 Å². The molecule has 20 heavy (non-hydrogen) atoms. The van der Waals surface area contributed by atoms with E-state index in [0.29, 0.717) is 11.6 Å². The molecule has 2 aliphatic rings. The lowest BCUT2D eigenvalue weighted by atomic mass is 10.2. The van der Waals surface area contributed by atoms with Gasteiger partial charge in [0.25, 0.3) is 11.8 Å². The minimum Gasteiger partial charge on any atom is -0.356 e. The molecule has 2 rings (SSSR count). The Morgan fingerprint density at radius 3 is 2.40 bits per heavy atom. The van der Waals surface area contributed by atoms with Crippen LogP contribution in [0.1, 0.15) is 44.9 Å². The maximum atomic E-state index is 11.4. The lowest BCUT2D eigenvalue weighted by molar-refractivity contribution is -0.197. The van der Waals surface area contributed by atoms with Crippen LogP contribution in [0.25, 0.3) is 0 Å². The number of nitrogens with zero attached hydrogens (tertiary/aromatic N) is 1. The third-order valence-electron chi connectivity index (χ3n) is 3.33. The van der Waals surface area contributed by atoms with Crippen molar-refractivity contribution in [1.82, 2.24) is 10.4 Å². The Bertz CT molecular complexity index is 414. The van der Waals surface area contributed by atoms with Crippen LogP contribution >= 0.6 is 0 Å². The van der Waals surface area contributed by atoms with Crippen molar-refractivity contribution in [2.45, 2.75) is 44.9 Å². The van der Waals surface area contributed by atoms with Gasteiger partial charge in [-0.1, -0.05) is 12.8 Å². The average Bonchev–Trinajstić information content (AvgIpc) is 3.18. The van der Waals surface area contributed by atoms with E-state index in [4.69, 9.17) is 0 Å². The van der Waals surface area contributed by atoms with E-state index in [1.54, 1.807) is 0 Å². The van der Waals surface area contributed by atoms with Gasteiger partial charge in [0, 0.05) is 25.8 Å². The summed E-state index contributed by atoms with van der Waals surface area (Å²) in [6.07, 6.45) is 3.43. The van der Waals surface area contributed by atoms with Crippen molar-refractivity contribution in [3.8, 4) is 0 Å². The molecule has 0 radical (unpaired) electrons. The van der Waals surface area contributed by atoms with Crippen LogP contribution in [0.4, 0.5) is 0 Å². The average molecular weight is 282 g/mol. The molecule has 0 aromatic carbocycles. The van der Waals surface area contributed by atoms with Crippen LogP contribution in [0.5, 0.6) is 0 Å². The predicted molar refractivity (Wildman–Crippen MR) is 66.8 cm³/mol. The van der Waals surface area contributed by atoms with Gasteiger partial charge in [-0.15, -0.1) is 5.06 Å². The quantitative estimate of drug-likeness (QED) is 0.677. The fraction of sp³-hybridized carbons (Fsp3) is 0.692. The van der Waals surface area contributed by atoms with Crippen molar-refractivity contribution in [1.29, 1.82) is 0 Å². The standard InChI is InChI=1S/C13H18N2O5/c16-10(14-8-7-9-1-2-9)3-6-13(19)20-15-11(17)4-5-12(15)18/h9H,1-8H2,(H,14,16). The number of hydrogen-bond donors (Lipinski definition) is 1. The van der Waals surface area contributed by atoms with Crippen LogP contribution in [-0.2, 0) is 24.0 Å². The summed E-state index contributed by atoms with van der Waals surface area (Å²) in [5.41, 5.74) is 0. The molecule has 1 N–H and O–H groups in total. The van der Waals surface area contributed by atoms with Crippen molar-refractivity contribution in [2.24, 2.45) is 5.92 Å². The molecule has 0 unspecified atom stereocenters. The van der Waals surface area contributed by atoms with E-state index in [1.165, 1.54) is 12.8 Å². The van der Waals surface area contributed by atoms with Crippen LogP contribution in [0.3, 0.4) is 0 Å². The zero-order chi connectivity index (χ0) is 14.5. The normalized spacial score (nSPS) is 18.3. The number of rotatable bonds is 7. The first-order valence-electron chi connectivity index (χ1n) is 6.89. The zero-order valence-electron chi connectivity index (χ0n) is 11.2. The molecule has 1 heterocycles. The molecule has 7 nitrogen and oxygen atoms in total. The minimum absolute atomic E-state index is 0.000277. The fourth-order valence-electron chi connectivity index (χ4n) is 1.93. The lowest BCUT2D eigenvalue weighted by Gasteiger charge is -2.12. The minimum atomic E-state index is -0.744. The number of hydroxylamine groups is 2. The molecule has 0 aromatic heterocycles. The Hall–Kier alpha value is -1.92. The first-order chi connectivity index (χ1) is 9.56. The summed E-state index contributed by atoms with van der Waals surface area (Å²) < 4.78 is 0. The van der Waals surface area contributed by atoms with E-state index in [0.717, 1.165) is 12.3 Å². The number of imide groups is 1. The van der Waals surface area contributed by atoms with Gasteiger partial charge in [-0.25, -0.2) is 4.79 Å². The van der Waals surface area contributed by atoms with Gasteiger partial charge in [-0.05, 0) is 12.3 Å². The van der Waals surface area contributed by atoms with Gasteiger partial charge >= 0.3 is 5.97 Å². The van der Waals surface area contributed by atoms with Crippen molar-refractivity contribution in [2.75, 3.05) is 6.54 Å². The molecule has 1 saturated carbocycles. The molecular weight excluding hydrogens is 264 g/mol. The highest BCUT2D eigenvalue weighted by Gasteiger charge is 2.32. The fourth-order valence-corrected chi connectivity index (χ4v) is 1.93. The van der Waals surface area contributed by atoms with E-state index in [1.807, 2.05) is 0 Å². The summed E-state index contributed by atoms with van der Waals surface area (Å²) in [4.78, 5) is 50.0. The smallest absolute Gasteiger partial charge is 0.333 e. The summed E-state index contributed by atoms with van der Waals surface area (Å²) in [6, 6.07) is 0. The van der Waals surface area contributed by atoms with Gasteiger partial charge in [-0.3, -0.25) is 14.4 Å². The van der Waals surface area contributed by atoms with Crippen molar-refractivity contribution in [3.05, 3.63) is 0 Å². The van der Waals surface area contributed by atoms with Gasteiger partial charge in [0.05, 0.1) is 6.42 Å². The monoisotopic (exact) mass is 282 g/mol. The number of carbonyl (C=O) groups excluding carboxylic acids is 4. The van der Waals surface area contributed by atoms with Gasteiger partial charge in [0.15, 0.2) is 0 Å². The summed E-state index contributed by atoms with van der Waals surface area (Å²) in [6.45, 7) is 0.627. The molecule has 0 spiro atoms. The Labute approximate surface area is 116 Å². The van der Waals surface area contributed by atoms with E-state index < -0.39 is 17.8 Å². The number of hydrogen-bond acceptors (Lipinski definition) is 5. The topological polar surface area (TPSA) is 92.8 Å². The van der Waals surface area contributed by atoms with Crippen molar-refractivity contribution < 1.29 is 24.0 Å². The van der Waals surface area contributed by atoms with E-state index >= 15 is 0 Å². The number of amides is 3. The second-order valence-corrected chi connectivity index (χ2v) is 5.13. The third kappa shape index (κ3) is 4.32. The second-order valence-electron chi connectivity index (χ2n) is 5.13. The van der Waals surface area contributed by atoms with E-state index in [2.05, 4.69) is 10.2 Å². The summed E-state index contributed by atoms with van der Waals surface area (Å²) in [5.74, 6) is -1.26. The zero-order valence-corrected chi connectivity index (χ0v) is 11.2. The van der Waals surface area contributed by atoms with Crippen LogP contribution < -0.4 is 5.32 Å². The summed E-state index contributed by atoms with van der Waals surface area (Å²) in [5, 5.41) is 3.22. The molecule has 3 amide bonds. The summed E-state index contributed by atoms with van der Waals surface area (Å²) in [7, 11) is 0. The first-order valence-corrected chi connectivity index (χ1v) is 6.89. The Kier molecular flexibility index (Phi) is 4.70. The largest absolute Gasteiger partial charge is 0.356 e. The van der Waals surface area contributed by atoms with Crippen LogP contribution in [0.15, 0.2) is 0 Å². The molecule has 1 aliphatic carbocycles. The molecule has 0 aromatic rings. The molecule has 2 fully saturated rings. The molecule has 1 saturated heterocycles. The molecule has 0 bridgehead atoms. The highest BCUT2D eigenvalue weighted by atomic mass is 16.7. The maximum Gasteiger partial charge on any atom is 0.333 e. The Morgan fingerprint density at radius 1 is 1.15 bits per heavy atom. The van der Waals surface area contributed by atoms with Crippen molar-refractivity contribution in [3.63, 3.8) is 0 Å². The van der Waals surface area contributed by atoms with E-state index in [9.17, 15) is 19.2 Å². The van der Waals surface area contributed by atoms with Gasteiger partial charge in [-0.2, -0.15) is 0 Å². The number of carbonyl (C=O) groups is 4. The molecule has 1 aliphatic heterocycles. The maximum absolute atomic E-state index is 11.4. The molecule has 110 valence electrons. The van der Waals surface area contributed by atoms with Crippen molar-refractivity contribution >= 4 is 23.7 Å². The lowest BCUT2D eigenvalue weighted by Crippen LogP contribution is -2.32. The number of nitrogens with one attached hydrogen (secondary N) is 1. The summed E-state index contributed by atoms with van der Waals surface area (Å²) >= 11 is 0. The van der Waals surface area contributed by atoms with E-state index in [-0.39, 0.29) is 31.6 Å². The van der Waals surface area contributed by atoms with Gasteiger partial charge in [0.2, 0.25) is 5.91 Å². The Balaban J connectivity index is 1.60. The second kappa shape index (κ2) is 6.49. The highest BCUT2D eigenvalue weighted by molar-refractivity contribution is 6.01. The van der Waals surface area contributed by atoms with Gasteiger partial charge < -0.3 is 10.2 Å².